The molecule has 0 radical (unpaired) electrons. The molecule has 0 fully saturated rings. The summed E-state index contributed by atoms with van der Waals surface area (Å²) in [4.78, 5) is 0. The van der Waals surface area contributed by atoms with Crippen LogP contribution in [0.3, 0.4) is 0 Å². The van der Waals surface area contributed by atoms with Gasteiger partial charge in [0, 0.05) is 23.5 Å². The lowest BCUT2D eigenvalue weighted by molar-refractivity contribution is 0.247. The summed E-state index contributed by atoms with van der Waals surface area (Å²) in [5.74, 6) is 1.97. The fourth-order valence-corrected chi connectivity index (χ4v) is 3.69. The highest BCUT2D eigenvalue weighted by Crippen LogP contribution is 2.47. The van der Waals surface area contributed by atoms with Gasteiger partial charge in [0.25, 0.3) is 0 Å². The molecule has 1 aliphatic heterocycles. The number of phenols is 2. The van der Waals surface area contributed by atoms with Gasteiger partial charge in [0.1, 0.15) is 23.0 Å². The van der Waals surface area contributed by atoms with Crippen LogP contribution in [0.25, 0.3) is 0 Å². The SMILES string of the molecule is COc1cccc([C@H]2c3ccc(O)cc3OC[C@H]2c2cccc(O)c2)c1. The average Bonchev–Trinajstić information content (AvgIpc) is 2.67. The number of hydrogen-bond donors (Lipinski definition) is 2. The Kier molecular flexibility index (Phi) is 4.17. The van der Waals surface area contributed by atoms with E-state index in [1.807, 2.05) is 36.4 Å². The van der Waals surface area contributed by atoms with Crippen molar-refractivity contribution in [3.63, 3.8) is 0 Å². The molecule has 4 rings (SSSR count). The lowest BCUT2D eigenvalue weighted by atomic mass is 9.76. The van der Waals surface area contributed by atoms with Crippen LogP contribution in [0.15, 0.2) is 66.7 Å². The summed E-state index contributed by atoms with van der Waals surface area (Å²) in [5, 5.41) is 19.7. The first kappa shape index (κ1) is 16.3. The van der Waals surface area contributed by atoms with E-state index < -0.39 is 0 Å². The molecule has 2 N–H and O–H groups in total. The minimum Gasteiger partial charge on any atom is -0.508 e. The number of ether oxygens (including phenoxy) is 2. The summed E-state index contributed by atoms with van der Waals surface area (Å²) in [7, 11) is 1.65. The van der Waals surface area contributed by atoms with Gasteiger partial charge in [0.2, 0.25) is 0 Å². The van der Waals surface area contributed by atoms with Gasteiger partial charge >= 0.3 is 0 Å². The summed E-state index contributed by atoms with van der Waals surface area (Å²) in [6, 6.07) is 20.5. The second-order valence-corrected chi connectivity index (χ2v) is 6.49. The predicted octanol–water partition coefficient (Wildman–Crippen LogP) is 4.41. The molecule has 132 valence electrons. The summed E-state index contributed by atoms with van der Waals surface area (Å²) in [6.45, 7) is 0.460. The van der Waals surface area contributed by atoms with Gasteiger partial charge < -0.3 is 19.7 Å². The normalized spacial score (nSPS) is 18.7. The zero-order valence-electron chi connectivity index (χ0n) is 14.4. The Labute approximate surface area is 152 Å². The van der Waals surface area contributed by atoms with Crippen molar-refractivity contribution in [2.75, 3.05) is 13.7 Å². The maximum atomic E-state index is 9.92. The summed E-state index contributed by atoms with van der Waals surface area (Å²) < 4.78 is 11.3. The third kappa shape index (κ3) is 2.94. The lowest BCUT2D eigenvalue weighted by Crippen LogP contribution is -2.25. The molecule has 0 bridgehead atoms. The number of fused-ring (bicyclic) bond motifs is 1. The predicted molar refractivity (Wildman–Crippen MR) is 99.3 cm³/mol. The second kappa shape index (κ2) is 6.64. The van der Waals surface area contributed by atoms with Gasteiger partial charge in [-0.3, -0.25) is 0 Å². The first-order chi connectivity index (χ1) is 12.7. The third-order valence-corrected chi connectivity index (χ3v) is 4.90. The summed E-state index contributed by atoms with van der Waals surface area (Å²) in [6.07, 6.45) is 0. The van der Waals surface area contributed by atoms with Crippen LogP contribution >= 0.6 is 0 Å². The maximum Gasteiger partial charge on any atom is 0.126 e. The van der Waals surface area contributed by atoms with Gasteiger partial charge in [-0.25, -0.2) is 0 Å². The first-order valence-corrected chi connectivity index (χ1v) is 8.54. The number of phenolic OH excluding ortho intramolecular Hbond substituents is 2. The fourth-order valence-electron chi connectivity index (χ4n) is 3.69. The van der Waals surface area contributed by atoms with Crippen LogP contribution in [0.4, 0.5) is 0 Å². The topological polar surface area (TPSA) is 58.9 Å². The Hall–Kier alpha value is -3.14. The van der Waals surface area contributed by atoms with E-state index in [0.717, 1.165) is 22.4 Å². The molecule has 26 heavy (non-hydrogen) atoms. The van der Waals surface area contributed by atoms with Crippen molar-refractivity contribution in [3.8, 4) is 23.0 Å². The van der Waals surface area contributed by atoms with Crippen molar-refractivity contribution in [1.82, 2.24) is 0 Å². The van der Waals surface area contributed by atoms with Crippen LogP contribution in [0.2, 0.25) is 0 Å². The van der Waals surface area contributed by atoms with Gasteiger partial charge in [0.15, 0.2) is 0 Å². The quantitative estimate of drug-likeness (QED) is 0.736. The fraction of sp³-hybridized carbons (Fsp3) is 0.182. The number of rotatable bonds is 3. The molecule has 0 saturated heterocycles. The van der Waals surface area contributed by atoms with Gasteiger partial charge in [-0.2, -0.15) is 0 Å². The highest BCUT2D eigenvalue weighted by Gasteiger charge is 2.34. The van der Waals surface area contributed by atoms with Crippen molar-refractivity contribution in [2.24, 2.45) is 0 Å². The second-order valence-electron chi connectivity index (χ2n) is 6.49. The standard InChI is InChI=1S/C22H20O4/c1-25-18-7-3-5-15(11-18)22-19-9-8-17(24)12-21(19)26-13-20(22)14-4-2-6-16(23)10-14/h2-12,20,22-24H,13H2,1H3/t20-,22-/m0/s1. The van der Waals surface area contributed by atoms with E-state index in [4.69, 9.17) is 9.47 Å². The van der Waals surface area contributed by atoms with E-state index in [1.54, 1.807) is 31.4 Å². The highest BCUT2D eigenvalue weighted by atomic mass is 16.5. The molecule has 1 aliphatic rings. The number of hydrogen-bond acceptors (Lipinski definition) is 4. The van der Waals surface area contributed by atoms with E-state index in [-0.39, 0.29) is 23.3 Å². The Balaban J connectivity index is 1.87. The number of aromatic hydroxyl groups is 2. The first-order valence-electron chi connectivity index (χ1n) is 8.54. The van der Waals surface area contributed by atoms with E-state index in [1.165, 1.54) is 0 Å². The Morgan fingerprint density at radius 1 is 0.885 bits per heavy atom. The Morgan fingerprint density at radius 2 is 1.65 bits per heavy atom. The number of benzene rings is 3. The van der Waals surface area contributed by atoms with Crippen LogP contribution in [-0.4, -0.2) is 23.9 Å². The third-order valence-electron chi connectivity index (χ3n) is 4.90. The van der Waals surface area contributed by atoms with Crippen molar-refractivity contribution in [3.05, 3.63) is 83.4 Å². The molecule has 0 aromatic heterocycles. The molecular formula is C22H20O4. The average molecular weight is 348 g/mol. The largest absolute Gasteiger partial charge is 0.508 e. The van der Waals surface area contributed by atoms with Crippen LogP contribution < -0.4 is 9.47 Å². The van der Waals surface area contributed by atoms with Crippen molar-refractivity contribution in [2.45, 2.75) is 11.8 Å². The monoisotopic (exact) mass is 348 g/mol. The van der Waals surface area contributed by atoms with Gasteiger partial charge in [-0.1, -0.05) is 30.3 Å². The zero-order valence-corrected chi connectivity index (χ0v) is 14.4. The molecule has 0 unspecified atom stereocenters. The Morgan fingerprint density at radius 3 is 2.46 bits per heavy atom. The van der Waals surface area contributed by atoms with Crippen LogP contribution in [0.1, 0.15) is 28.5 Å². The van der Waals surface area contributed by atoms with E-state index in [9.17, 15) is 10.2 Å². The van der Waals surface area contributed by atoms with Gasteiger partial charge in [0.05, 0.1) is 13.7 Å². The van der Waals surface area contributed by atoms with Gasteiger partial charge in [-0.15, -0.1) is 0 Å². The molecule has 0 aliphatic carbocycles. The van der Waals surface area contributed by atoms with Crippen molar-refractivity contribution in [1.29, 1.82) is 0 Å². The van der Waals surface area contributed by atoms with E-state index >= 15 is 0 Å². The highest BCUT2D eigenvalue weighted by molar-refractivity contribution is 5.51. The van der Waals surface area contributed by atoms with E-state index in [0.29, 0.717) is 12.4 Å². The molecule has 4 heteroatoms. The molecule has 2 atom stereocenters. The molecule has 3 aromatic carbocycles. The molecular weight excluding hydrogens is 328 g/mol. The molecule has 1 heterocycles. The van der Waals surface area contributed by atoms with Crippen molar-refractivity contribution >= 4 is 0 Å². The van der Waals surface area contributed by atoms with Gasteiger partial charge in [-0.05, 0) is 41.5 Å². The Bertz CT molecular complexity index is 935. The minimum absolute atomic E-state index is 0.0243. The smallest absolute Gasteiger partial charge is 0.126 e. The maximum absolute atomic E-state index is 9.92. The number of methoxy groups -OCH3 is 1. The molecule has 0 spiro atoms. The molecule has 0 amide bonds. The molecule has 3 aromatic rings. The summed E-state index contributed by atoms with van der Waals surface area (Å²) >= 11 is 0. The van der Waals surface area contributed by atoms with Crippen LogP contribution in [-0.2, 0) is 0 Å². The van der Waals surface area contributed by atoms with Crippen molar-refractivity contribution < 1.29 is 19.7 Å². The molecule has 4 nitrogen and oxygen atoms in total. The summed E-state index contributed by atoms with van der Waals surface area (Å²) in [5.41, 5.74) is 3.13. The van der Waals surface area contributed by atoms with E-state index in [2.05, 4.69) is 6.07 Å². The van der Waals surface area contributed by atoms with Crippen LogP contribution in [0.5, 0.6) is 23.0 Å². The molecule has 0 saturated carbocycles. The lowest BCUT2D eigenvalue weighted by Gasteiger charge is -2.34. The minimum atomic E-state index is 0.0243. The van der Waals surface area contributed by atoms with Crippen LogP contribution in [0, 0.1) is 0 Å². The zero-order chi connectivity index (χ0) is 18.1.